The lowest BCUT2D eigenvalue weighted by atomic mass is 10.2. The first-order chi connectivity index (χ1) is 6.61. The van der Waals surface area contributed by atoms with Gasteiger partial charge in [-0.25, -0.2) is 4.39 Å². The van der Waals surface area contributed by atoms with Gasteiger partial charge in [0.1, 0.15) is 16.0 Å². The van der Waals surface area contributed by atoms with Crippen molar-refractivity contribution in [3.63, 3.8) is 0 Å². The summed E-state index contributed by atoms with van der Waals surface area (Å²) in [5, 5.41) is 9.80. The number of aromatic nitrogens is 1. The molecule has 1 aromatic heterocycles. The third kappa shape index (κ3) is 1.21. The molecule has 0 aliphatic heterocycles. The van der Waals surface area contributed by atoms with Gasteiger partial charge in [0.05, 0.1) is 5.52 Å². The van der Waals surface area contributed by atoms with E-state index in [1.807, 2.05) is 0 Å². The van der Waals surface area contributed by atoms with Gasteiger partial charge in [0.2, 0.25) is 0 Å². The normalized spacial score (nSPS) is 10.7. The average Bonchev–Trinajstić information content (AvgIpc) is 2.17. The Labute approximate surface area is 86.3 Å². The summed E-state index contributed by atoms with van der Waals surface area (Å²) in [5.74, 6) is -0.814. The van der Waals surface area contributed by atoms with Crippen LogP contribution in [0, 0.1) is 5.82 Å². The van der Waals surface area contributed by atoms with Crippen LogP contribution >= 0.6 is 15.9 Å². The van der Waals surface area contributed by atoms with Gasteiger partial charge in [-0.2, -0.15) is 0 Å². The van der Waals surface area contributed by atoms with Crippen molar-refractivity contribution in [3.8, 4) is 5.75 Å². The fourth-order valence-electron chi connectivity index (χ4n) is 1.24. The van der Waals surface area contributed by atoms with Crippen molar-refractivity contribution in [1.29, 1.82) is 0 Å². The molecule has 0 unspecified atom stereocenters. The molecule has 3 nitrogen and oxygen atoms in total. The standard InChI is InChI=1S/C9H5BrFNO2/c10-6-8(13)4-2-1-3-5(11)7(4)12-9(6)14/h1-3H,(H2,12,13,14). The number of nitrogens with one attached hydrogen (secondary N) is 1. The van der Waals surface area contributed by atoms with E-state index in [9.17, 15) is 14.3 Å². The summed E-state index contributed by atoms with van der Waals surface area (Å²) < 4.78 is 13.2. The van der Waals surface area contributed by atoms with Crippen LogP contribution in [0.25, 0.3) is 10.9 Å². The van der Waals surface area contributed by atoms with Gasteiger partial charge in [-0.1, -0.05) is 6.07 Å². The van der Waals surface area contributed by atoms with E-state index in [1.54, 1.807) is 0 Å². The molecule has 2 rings (SSSR count). The number of halogens is 2. The van der Waals surface area contributed by atoms with Crippen LogP contribution in [0.4, 0.5) is 4.39 Å². The second kappa shape index (κ2) is 3.09. The van der Waals surface area contributed by atoms with E-state index in [2.05, 4.69) is 20.9 Å². The monoisotopic (exact) mass is 257 g/mol. The SMILES string of the molecule is O=c1[nH]c2c(F)cccc2c(O)c1Br. The molecular formula is C9H5BrFNO2. The maximum absolute atomic E-state index is 13.2. The number of rotatable bonds is 0. The van der Waals surface area contributed by atoms with Gasteiger partial charge in [0, 0.05) is 5.39 Å². The van der Waals surface area contributed by atoms with Gasteiger partial charge in [0.25, 0.3) is 5.56 Å². The van der Waals surface area contributed by atoms with E-state index in [4.69, 9.17) is 0 Å². The molecule has 0 amide bonds. The molecular weight excluding hydrogens is 253 g/mol. The Bertz CT molecular complexity index is 564. The summed E-state index contributed by atoms with van der Waals surface area (Å²) in [5.41, 5.74) is -0.543. The van der Waals surface area contributed by atoms with Crippen LogP contribution in [-0.2, 0) is 0 Å². The molecule has 0 spiro atoms. The van der Waals surface area contributed by atoms with E-state index < -0.39 is 11.4 Å². The fraction of sp³-hybridized carbons (Fsp3) is 0. The smallest absolute Gasteiger partial charge is 0.266 e. The Morgan fingerprint density at radius 1 is 1.43 bits per heavy atom. The van der Waals surface area contributed by atoms with Crippen LogP contribution < -0.4 is 5.56 Å². The highest BCUT2D eigenvalue weighted by atomic mass is 79.9. The zero-order valence-electron chi connectivity index (χ0n) is 6.84. The minimum atomic E-state index is -0.567. The second-order valence-electron chi connectivity index (χ2n) is 2.78. The molecule has 1 heterocycles. The van der Waals surface area contributed by atoms with E-state index in [-0.39, 0.29) is 21.1 Å². The van der Waals surface area contributed by atoms with E-state index >= 15 is 0 Å². The molecule has 72 valence electrons. The highest BCUT2D eigenvalue weighted by Gasteiger charge is 2.10. The Kier molecular flexibility index (Phi) is 2.03. The summed E-state index contributed by atoms with van der Waals surface area (Å²) in [6, 6.07) is 4.20. The summed E-state index contributed by atoms with van der Waals surface area (Å²) in [4.78, 5) is 13.5. The van der Waals surface area contributed by atoms with E-state index in [0.717, 1.165) is 0 Å². The molecule has 2 aromatic rings. The molecule has 5 heteroatoms. The van der Waals surface area contributed by atoms with Crippen molar-refractivity contribution in [2.75, 3.05) is 0 Å². The Morgan fingerprint density at radius 3 is 2.86 bits per heavy atom. The van der Waals surface area contributed by atoms with Gasteiger partial charge in [-0.15, -0.1) is 0 Å². The van der Waals surface area contributed by atoms with E-state index in [0.29, 0.717) is 0 Å². The maximum Gasteiger partial charge on any atom is 0.266 e. The number of benzene rings is 1. The Balaban J connectivity index is 3.06. The minimum Gasteiger partial charge on any atom is -0.506 e. The van der Waals surface area contributed by atoms with Crippen molar-refractivity contribution in [2.24, 2.45) is 0 Å². The summed E-state index contributed by atoms with van der Waals surface area (Å²) in [6.45, 7) is 0. The van der Waals surface area contributed by atoms with Crippen molar-refractivity contribution >= 4 is 26.8 Å². The molecule has 0 bridgehead atoms. The summed E-state index contributed by atoms with van der Waals surface area (Å²) in [7, 11) is 0. The second-order valence-corrected chi connectivity index (χ2v) is 3.57. The Morgan fingerprint density at radius 2 is 2.14 bits per heavy atom. The maximum atomic E-state index is 13.2. The van der Waals surface area contributed by atoms with Crippen molar-refractivity contribution in [1.82, 2.24) is 4.98 Å². The number of hydrogen-bond acceptors (Lipinski definition) is 2. The van der Waals surface area contributed by atoms with Crippen molar-refractivity contribution < 1.29 is 9.50 Å². The first-order valence-corrected chi connectivity index (χ1v) is 4.59. The molecule has 0 aliphatic rings. The lowest BCUT2D eigenvalue weighted by Gasteiger charge is -2.02. The largest absolute Gasteiger partial charge is 0.506 e. The highest BCUT2D eigenvalue weighted by Crippen LogP contribution is 2.28. The van der Waals surface area contributed by atoms with Crippen molar-refractivity contribution in [2.45, 2.75) is 0 Å². The van der Waals surface area contributed by atoms with E-state index in [1.165, 1.54) is 18.2 Å². The number of hydrogen-bond donors (Lipinski definition) is 2. The number of aromatic amines is 1. The molecule has 0 fully saturated rings. The number of H-pyrrole nitrogens is 1. The third-order valence-corrected chi connectivity index (χ3v) is 2.65. The molecule has 0 saturated carbocycles. The van der Waals surface area contributed by atoms with Crippen LogP contribution in [0.3, 0.4) is 0 Å². The van der Waals surface area contributed by atoms with Crippen LogP contribution in [-0.4, -0.2) is 10.1 Å². The number of para-hydroxylation sites is 1. The lowest BCUT2D eigenvalue weighted by Crippen LogP contribution is -2.07. The molecule has 2 N–H and O–H groups in total. The first-order valence-electron chi connectivity index (χ1n) is 3.80. The fourth-order valence-corrected chi connectivity index (χ4v) is 1.56. The van der Waals surface area contributed by atoms with Gasteiger partial charge in [0.15, 0.2) is 0 Å². The van der Waals surface area contributed by atoms with Gasteiger partial charge in [-0.3, -0.25) is 4.79 Å². The summed E-state index contributed by atoms with van der Waals surface area (Å²) in [6.07, 6.45) is 0. The number of fused-ring (bicyclic) bond motifs is 1. The molecule has 14 heavy (non-hydrogen) atoms. The van der Waals surface area contributed by atoms with Gasteiger partial charge < -0.3 is 10.1 Å². The molecule has 0 radical (unpaired) electrons. The van der Waals surface area contributed by atoms with Crippen LogP contribution in [0.15, 0.2) is 27.5 Å². The predicted molar refractivity (Wildman–Crippen MR) is 53.9 cm³/mol. The predicted octanol–water partition coefficient (Wildman–Crippen LogP) is 2.14. The van der Waals surface area contributed by atoms with Crippen LogP contribution in [0.2, 0.25) is 0 Å². The van der Waals surface area contributed by atoms with Crippen molar-refractivity contribution in [3.05, 3.63) is 38.8 Å². The highest BCUT2D eigenvalue weighted by molar-refractivity contribution is 9.10. The van der Waals surface area contributed by atoms with Gasteiger partial charge >= 0.3 is 0 Å². The minimum absolute atomic E-state index is 0.00981. The lowest BCUT2D eigenvalue weighted by molar-refractivity contribution is 0.476. The topological polar surface area (TPSA) is 53.1 Å². The number of aromatic hydroxyl groups is 1. The van der Waals surface area contributed by atoms with Gasteiger partial charge in [-0.05, 0) is 28.1 Å². The van der Waals surface area contributed by atoms with Crippen LogP contribution in [0.1, 0.15) is 0 Å². The molecule has 0 aliphatic carbocycles. The third-order valence-electron chi connectivity index (χ3n) is 1.91. The average molecular weight is 258 g/mol. The summed E-state index contributed by atoms with van der Waals surface area (Å²) >= 11 is 2.91. The first kappa shape index (κ1) is 9.21. The molecule has 0 atom stereocenters. The zero-order valence-corrected chi connectivity index (χ0v) is 8.43. The zero-order chi connectivity index (χ0) is 10.3. The molecule has 0 saturated heterocycles. The quantitative estimate of drug-likeness (QED) is 0.760. The molecule has 1 aromatic carbocycles. The van der Waals surface area contributed by atoms with Crippen LogP contribution in [0.5, 0.6) is 5.75 Å². The number of pyridine rings is 1. The Hall–Kier alpha value is -1.36.